The minimum Gasteiger partial charge on any atom is -0.365 e. The van der Waals surface area contributed by atoms with E-state index >= 15 is 0 Å². The number of nitrogens with two attached hydrogens (primary N) is 1. The molecular weight excluding hydrogens is 196 g/mol. The number of Topliss-reactive ketones (excluding diaryl/α,β-unsaturated/α-hetero) is 1. The second kappa shape index (κ2) is 3.05. The maximum Gasteiger partial charge on any atom is 0.264 e. The van der Waals surface area contributed by atoms with Gasteiger partial charge in [-0.15, -0.1) is 0 Å². The van der Waals surface area contributed by atoms with Crippen LogP contribution in [0.4, 0.5) is 0 Å². The first-order valence-electron chi connectivity index (χ1n) is 4.60. The number of amides is 1. The molecule has 2 heterocycles. The smallest absolute Gasteiger partial charge is 0.264 e. The Morgan fingerprint density at radius 1 is 1.47 bits per heavy atom. The number of pyridine rings is 1. The highest BCUT2D eigenvalue weighted by Crippen LogP contribution is 2.15. The second-order valence-electron chi connectivity index (χ2n) is 3.58. The third-order valence-electron chi connectivity index (χ3n) is 2.59. The van der Waals surface area contributed by atoms with Crippen molar-refractivity contribution in [2.24, 2.45) is 5.73 Å². The van der Waals surface area contributed by atoms with Crippen LogP contribution in [-0.4, -0.2) is 16.3 Å². The largest absolute Gasteiger partial charge is 0.365 e. The molecule has 0 unspecified atom stereocenters. The predicted molar refractivity (Wildman–Crippen MR) is 52.9 cm³/mol. The Morgan fingerprint density at radius 2 is 2.13 bits per heavy atom. The van der Waals surface area contributed by atoms with Crippen LogP contribution in [0.15, 0.2) is 10.9 Å². The SMILES string of the molecule is Cc1cc2n(c(=O)c1C(N)=O)CCC2=O. The van der Waals surface area contributed by atoms with Gasteiger partial charge in [0.1, 0.15) is 5.56 Å². The van der Waals surface area contributed by atoms with Gasteiger partial charge in [-0.05, 0) is 18.6 Å². The summed E-state index contributed by atoms with van der Waals surface area (Å²) in [5, 5.41) is 0. The molecule has 0 bridgehead atoms. The van der Waals surface area contributed by atoms with Crippen LogP contribution in [0, 0.1) is 6.92 Å². The summed E-state index contributed by atoms with van der Waals surface area (Å²) in [6, 6.07) is 1.55. The molecule has 0 aromatic carbocycles. The zero-order chi connectivity index (χ0) is 11.2. The molecule has 0 radical (unpaired) electrons. The lowest BCUT2D eigenvalue weighted by Crippen LogP contribution is -2.31. The molecule has 1 aromatic heterocycles. The molecule has 1 aromatic rings. The summed E-state index contributed by atoms with van der Waals surface area (Å²) >= 11 is 0. The van der Waals surface area contributed by atoms with Crippen molar-refractivity contribution < 1.29 is 9.59 Å². The Labute approximate surface area is 85.5 Å². The highest BCUT2D eigenvalue weighted by Gasteiger charge is 2.24. The number of fused-ring (bicyclic) bond motifs is 1. The summed E-state index contributed by atoms with van der Waals surface area (Å²) in [6.07, 6.45) is 0.316. The van der Waals surface area contributed by atoms with Crippen LogP contribution in [-0.2, 0) is 6.54 Å². The number of primary amides is 1. The lowest BCUT2D eigenvalue weighted by Gasteiger charge is -2.06. The summed E-state index contributed by atoms with van der Waals surface area (Å²) < 4.78 is 1.31. The second-order valence-corrected chi connectivity index (χ2v) is 3.58. The Morgan fingerprint density at radius 3 is 2.73 bits per heavy atom. The molecule has 2 N–H and O–H groups in total. The zero-order valence-corrected chi connectivity index (χ0v) is 8.24. The summed E-state index contributed by atoms with van der Waals surface area (Å²) in [4.78, 5) is 34.2. The van der Waals surface area contributed by atoms with Crippen LogP contribution in [0.5, 0.6) is 0 Å². The Bertz CT molecular complexity index is 528. The monoisotopic (exact) mass is 206 g/mol. The Kier molecular flexibility index (Phi) is 1.96. The van der Waals surface area contributed by atoms with Gasteiger partial charge in [-0.1, -0.05) is 0 Å². The van der Waals surface area contributed by atoms with E-state index in [1.165, 1.54) is 4.57 Å². The van der Waals surface area contributed by atoms with Crippen molar-refractivity contribution in [1.82, 2.24) is 4.57 Å². The van der Waals surface area contributed by atoms with Crippen LogP contribution in [0.25, 0.3) is 0 Å². The fourth-order valence-corrected chi connectivity index (χ4v) is 1.86. The molecule has 0 saturated heterocycles. The van der Waals surface area contributed by atoms with Crippen LogP contribution in [0.3, 0.4) is 0 Å². The maximum absolute atomic E-state index is 11.8. The number of aromatic nitrogens is 1. The van der Waals surface area contributed by atoms with Crippen LogP contribution < -0.4 is 11.3 Å². The summed E-state index contributed by atoms with van der Waals surface area (Å²) in [5.41, 5.74) is 5.48. The van der Waals surface area contributed by atoms with E-state index in [9.17, 15) is 14.4 Å². The summed E-state index contributed by atoms with van der Waals surface area (Å²) in [5.74, 6) is -0.807. The fraction of sp³-hybridized carbons (Fsp3) is 0.300. The lowest BCUT2D eigenvalue weighted by atomic mass is 10.1. The number of carbonyl (C=O) groups is 2. The van der Waals surface area contributed by atoms with Crippen molar-refractivity contribution in [2.45, 2.75) is 19.9 Å². The van der Waals surface area contributed by atoms with E-state index < -0.39 is 11.5 Å². The zero-order valence-electron chi connectivity index (χ0n) is 8.24. The Hall–Kier alpha value is -1.91. The topological polar surface area (TPSA) is 82.2 Å². The summed E-state index contributed by atoms with van der Waals surface area (Å²) in [7, 11) is 0. The normalized spacial score (nSPS) is 14.1. The van der Waals surface area contributed by atoms with Crippen molar-refractivity contribution in [3.8, 4) is 0 Å². The standard InChI is InChI=1S/C10H10N2O3/c1-5-4-6-7(13)2-3-12(6)10(15)8(5)9(11)14/h4H,2-3H2,1H3,(H2,11,14). The van der Waals surface area contributed by atoms with Crippen molar-refractivity contribution in [1.29, 1.82) is 0 Å². The Balaban J connectivity index is 2.80. The number of nitrogens with zero attached hydrogens (tertiary/aromatic N) is 1. The highest BCUT2D eigenvalue weighted by atomic mass is 16.2. The maximum atomic E-state index is 11.8. The molecule has 0 spiro atoms. The summed E-state index contributed by atoms with van der Waals surface area (Å²) in [6.45, 7) is 1.95. The molecule has 0 fully saturated rings. The molecular formula is C10H10N2O3. The first-order valence-corrected chi connectivity index (χ1v) is 4.60. The number of carbonyl (C=O) groups excluding carboxylic acids is 2. The van der Waals surface area contributed by atoms with E-state index in [4.69, 9.17) is 5.73 Å². The fourth-order valence-electron chi connectivity index (χ4n) is 1.86. The van der Waals surface area contributed by atoms with E-state index in [-0.39, 0.29) is 11.3 Å². The average molecular weight is 206 g/mol. The van der Waals surface area contributed by atoms with Crippen LogP contribution >= 0.6 is 0 Å². The first kappa shape index (κ1) is 9.64. The number of rotatable bonds is 1. The molecule has 0 saturated carbocycles. The number of hydrogen-bond acceptors (Lipinski definition) is 3. The molecule has 78 valence electrons. The third kappa shape index (κ3) is 1.27. The van der Waals surface area contributed by atoms with Gasteiger partial charge in [0.05, 0.1) is 5.69 Å². The molecule has 1 amide bonds. The van der Waals surface area contributed by atoms with Gasteiger partial charge in [-0.25, -0.2) is 0 Å². The van der Waals surface area contributed by atoms with Crippen molar-refractivity contribution in [3.63, 3.8) is 0 Å². The van der Waals surface area contributed by atoms with Gasteiger partial charge in [0.15, 0.2) is 5.78 Å². The van der Waals surface area contributed by atoms with Crippen LogP contribution in [0.1, 0.15) is 32.8 Å². The minimum atomic E-state index is -0.743. The number of hydrogen-bond donors (Lipinski definition) is 1. The molecule has 0 atom stereocenters. The van der Waals surface area contributed by atoms with Crippen LogP contribution in [0.2, 0.25) is 0 Å². The van der Waals surface area contributed by atoms with Gasteiger partial charge in [0.25, 0.3) is 11.5 Å². The van der Waals surface area contributed by atoms with Gasteiger partial charge in [-0.3, -0.25) is 14.4 Å². The van der Waals surface area contributed by atoms with Crippen molar-refractivity contribution >= 4 is 11.7 Å². The van der Waals surface area contributed by atoms with Gasteiger partial charge < -0.3 is 10.3 Å². The van der Waals surface area contributed by atoms with Gasteiger partial charge in [-0.2, -0.15) is 0 Å². The molecule has 5 heteroatoms. The van der Waals surface area contributed by atoms with E-state index in [1.54, 1.807) is 13.0 Å². The molecule has 1 aliphatic heterocycles. The van der Waals surface area contributed by atoms with E-state index in [2.05, 4.69) is 0 Å². The van der Waals surface area contributed by atoms with Crippen molar-refractivity contribution in [3.05, 3.63) is 33.2 Å². The van der Waals surface area contributed by atoms with Crippen molar-refractivity contribution in [2.75, 3.05) is 0 Å². The number of aryl methyl sites for hydroxylation is 1. The molecule has 0 aliphatic carbocycles. The van der Waals surface area contributed by atoms with Gasteiger partial charge >= 0.3 is 0 Å². The molecule has 2 rings (SSSR count). The van der Waals surface area contributed by atoms with Gasteiger partial charge in [0, 0.05) is 13.0 Å². The third-order valence-corrected chi connectivity index (χ3v) is 2.59. The minimum absolute atomic E-state index is 0.0200. The molecule has 15 heavy (non-hydrogen) atoms. The predicted octanol–water partition coefficient (Wildman–Crippen LogP) is -0.158. The highest BCUT2D eigenvalue weighted by molar-refractivity contribution is 5.99. The van der Waals surface area contributed by atoms with E-state index in [0.717, 1.165) is 0 Å². The van der Waals surface area contributed by atoms with E-state index in [0.29, 0.717) is 24.2 Å². The quantitative estimate of drug-likeness (QED) is 0.693. The van der Waals surface area contributed by atoms with E-state index in [1.807, 2.05) is 0 Å². The van der Waals surface area contributed by atoms with Gasteiger partial charge in [0.2, 0.25) is 0 Å². The molecule has 5 nitrogen and oxygen atoms in total. The molecule has 1 aliphatic rings. The number of ketones is 1. The first-order chi connectivity index (χ1) is 7.02. The lowest BCUT2D eigenvalue weighted by molar-refractivity contribution is 0.0984. The average Bonchev–Trinajstić information content (AvgIpc) is 2.47.